The first-order valence-electron chi connectivity index (χ1n) is 10.2. The Hall–Kier alpha value is -3.16. The Bertz CT molecular complexity index is 980. The summed E-state index contributed by atoms with van der Waals surface area (Å²) in [5.74, 6) is -1.05. The second-order valence-corrected chi connectivity index (χ2v) is 7.96. The molecule has 7 heteroatoms. The van der Waals surface area contributed by atoms with Gasteiger partial charge in [0.05, 0.1) is 6.54 Å². The maximum absolute atomic E-state index is 12.9. The number of carbonyl (C=O) groups is 2. The van der Waals surface area contributed by atoms with E-state index in [-0.39, 0.29) is 18.4 Å². The molecule has 0 aliphatic rings. The summed E-state index contributed by atoms with van der Waals surface area (Å²) in [4.78, 5) is 26.6. The molecule has 0 aliphatic carbocycles. The van der Waals surface area contributed by atoms with Gasteiger partial charge < -0.3 is 10.2 Å². The fourth-order valence-corrected chi connectivity index (χ4v) is 3.18. The average Bonchev–Trinajstić information content (AvgIpc) is 2.79. The molecule has 0 heterocycles. The van der Waals surface area contributed by atoms with Gasteiger partial charge in [0.15, 0.2) is 0 Å². The number of amides is 2. The molecule has 3 aromatic carbocycles. The van der Waals surface area contributed by atoms with E-state index in [1.165, 1.54) is 53.7 Å². The van der Waals surface area contributed by atoms with Crippen molar-refractivity contribution in [2.45, 2.75) is 18.7 Å². The minimum Gasteiger partial charge on any atom is -0.332 e. The standard InChI is InChI=1S/C18H20FN3O2S.C7H8/c1-3-20-25-16-10-8-15(9-11-16)21-17(23)12-22(2)18(24)13-4-6-14(19)7-5-13;1-7-5-3-2-4-6-7/h4-11,20H,3,12H2,1-2H3,(H,21,23);2-6H,1H3. The predicted molar refractivity (Wildman–Crippen MR) is 129 cm³/mol. The number of rotatable bonds is 7. The van der Waals surface area contributed by atoms with E-state index in [0.717, 1.165) is 11.4 Å². The van der Waals surface area contributed by atoms with E-state index in [0.29, 0.717) is 11.3 Å². The Labute approximate surface area is 193 Å². The molecule has 0 radical (unpaired) electrons. The quantitative estimate of drug-likeness (QED) is 0.486. The van der Waals surface area contributed by atoms with Crippen molar-refractivity contribution < 1.29 is 14.0 Å². The first-order valence-corrected chi connectivity index (χ1v) is 11.0. The molecule has 2 amide bonds. The van der Waals surface area contributed by atoms with Crippen LogP contribution in [-0.2, 0) is 4.79 Å². The number of hydrogen-bond donors (Lipinski definition) is 2. The fraction of sp³-hybridized carbons (Fsp3) is 0.200. The van der Waals surface area contributed by atoms with Crippen LogP contribution in [0.5, 0.6) is 0 Å². The fourth-order valence-electron chi connectivity index (χ4n) is 2.60. The van der Waals surface area contributed by atoms with E-state index in [1.807, 2.05) is 37.3 Å². The number of benzene rings is 3. The van der Waals surface area contributed by atoms with Crippen molar-refractivity contribution in [2.24, 2.45) is 0 Å². The monoisotopic (exact) mass is 453 g/mol. The smallest absolute Gasteiger partial charge is 0.254 e. The van der Waals surface area contributed by atoms with Crippen molar-refractivity contribution in [1.82, 2.24) is 9.62 Å². The van der Waals surface area contributed by atoms with Gasteiger partial charge in [-0.15, -0.1) is 0 Å². The number of nitrogens with zero attached hydrogens (tertiary/aromatic N) is 1. The van der Waals surface area contributed by atoms with Gasteiger partial charge in [-0.25, -0.2) is 4.39 Å². The van der Waals surface area contributed by atoms with Crippen LogP contribution in [0.25, 0.3) is 0 Å². The molecular weight excluding hydrogens is 425 g/mol. The molecule has 168 valence electrons. The Morgan fingerprint density at radius 3 is 2.09 bits per heavy atom. The van der Waals surface area contributed by atoms with Gasteiger partial charge >= 0.3 is 0 Å². The third-order valence-corrected chi connectivity index (χ3v) is 5.17. The van der Waals surface area contributed by atoms with E-state index >= 15 is 0 Å². The largest absolute Gasteiger partial charge is 0.332 e. The van der Waals surface area contributed by atoms with Crippen molar-refractivity contribution in [3.63, 3.8) is 0 Å². The third kappa shape index (κ3) is 8.91. The highest BCUT2D eigenvalue weighted by Gasteiger charge is 2.15. The SMILES string of the molecule is CCNSc1ccc(NC(=O)CN(C)C(=O)c2ccc(F)cc2)cc1.Cc1ccccc1. The minimum absolute atomic E-state index is 0.0932. The molecule has 0 saturated heterocycles. The lowest BCUT2D eigenvalue weighted by molar-refractivity contribution is -0.116. The zero-order valence-corrected chi connectivity index (χ0v) is 19.3. The van der Waals surface area contributed by atoms with Crippen molar-refractivity contribution in [2.75, 3.05) is 25.5 Å². The van der Waals surface area contributed by atoms with Crippen LogP contribution in [-0.4, -0.2) is 36.9 Å². The lowest BCUT2D eigenvalue weighted by atomic mass is 10.2. The van der Waals surface area contributed by atoms with Crippen LogP contribution < -0.4 is 10.0 Å². The molecule has 0 spiro atoms. The van der Waals surface area contributed by atoms with E-state index in [1.54, 1.807) is 12.1 Å². The zero-order valence-electron chi connectivity index (χ0n) is 18.5. The summed E-state index contributed by atoms with van der Waals surface area (Å²) < 4.78 is 16.1. The summed E-state index contributed by atoms with van der Waals surface area (Å²) in [5, 5.41) is 2.75. The molecule has 2 N–H and O–H groups in total. The highest BCUT2D eigenvalue weighted by Crippen LogP contribution is 2.17. The van der Waals surface area contributed by atoms with Gasteiger partial charge in [0.1, 0.15) is 5.82 Å². The number of hydrogen-bond acceptors (Lipinski definition) is 4. The highest BCUT2D eigenvalue weighted by atomic mass is 32.2. The van der Waals surface area contributed by atoms with Crippen molar-refractivity contribution in [3.8, 4) is 0 Å². The molecular formula is C25H28FN3O2S. The lowest BCUT2D eigenvalue weighted by Gasteiger charge is -2.17. The van der Waals surface area contributed by atoms with Crippen molar-refractivity contribution in [1.29, 1.82) is 0 Å². The second kappa shape index (κ2) is 13.3. The normalized spacial score (nSPS) is 10.0. The second-order valence-electron chi connectivity index (χ2n) is 7.00. The maximum Gasteiger partial charge on any atom is 0.254 e. The van der Waals surface area contributed by atoms with Crippen LogP contribution >= 0.6 is 11.9 Å². The van der Waals surface area contributed by atoms with Crippen LogP contribution in [0.2, 0.25) is 0 Å². The maximum atomic E-state index is 12.9. The van der Waals surface area contributed by atoms with Crippen LogP contribution in [0.15, 0.2) is 83.8 Å². The molecule has 0 aromatic heterocycles. The third-order valence-electron chi connectivity index (χ3n) is 4.23. The number of likely N-dealkylation sites (N-methyl/N-ethyl adjacent to an activating group) is 1. The molecule has 0 fully saturated rings. The predicted octanol–water partition coefficient (Wildman–Crippen LogP) is 5.15. The molecule has 0 saturated carbocycles. The molecule has 0 bridgehead atoms. The van der Waals surface area contributed by atoms with Crippen LogP contribution in [0.3, 0.4) is 0 Å². The summed E-state index contributed by atoms with van der Waals surface area (Å²) in [6.45, 7) is 4.87. The van der Waals surface area contributed by atoms with E-state index in [4.69, 9.17) is 0 Å². The molecule has 32 heavy (non-hydrogen) atoms. The van der Waals surface area contributed by atoms with Crippen molar-refractivity contribution >= 4 is 29.4 Å². The number of anilines is 1. The zero-order chi connectivity index (χ0) is 23.3. The van der Waals surface area contributed by atoms with Gasteiger partial charge in [0.25, 0.3) is 5.91 Å². The van der Waals surface area contributed by atoms with E-state index < -0.39 is 5.82 Å². The summed E-state index contributed by atoms with van der Waals surface area (Å²) in [7, 11) is 1.53. The van der Waals surface area contributed by atoms with E-state index in [9.17, 15) is 14.0 Å². The first kappa shape index (κ1) is 25.1. The number of halogens is 1. The summed E-state index contributed by atoms with van der Waals surface area (Å²) in [6, 6.07) is 22.9. The minimum atomic E-state index is -0.410. The van der Waals surface area contributed by atoms with Gasteiger partial charge in [0, 0.05) is 29.7 Å². The summed E-state index contributed by atoms with van der Waals surface area (Å²) in [6.07, 6.45) is 0. The van der Waals surface area contributed by atoms with Gasteiger partial charge in [-0.1, -0.05) is 42.8 Å². The number of carbonyl (C=O) groups excluding carboxylic acids is 2. The Balaban J connectivity index is 0.000000439. The highest BCUT2D eigenvalue weighted by molar-refractivity contribution is 7.97. The van der Waals surface area contributed by atoms with Gasteiger partial charge in [-0.3, -0.25) is 14.3 Å². The molecule has 3 aromatic rings. The Morgan fingerprint density at radius 1 is 0.938 bits per heavy atom. The van der Waals surface area contributed by atoms with E-state index in [2.05, 4.69) is 29.1 Å². The molecule has 0 atom stereocenters. The number of nitrogens with one attached hydrogen (secondary N) is 2. The Kier molecular flexibility index (Phi) is 10.4. The topological polar surface area (TPSA) is 61.4 Å². The molecule has 0 aliphatic heterocycles. The first-order chi connectivity index (χ1) is 15.4. The number of aryl methyl sites for hydroxylation is 1. The van der Waals surface area contributed by atoms with Crippen molar-refractivity contribution in [3.05, 3.63) is 95.8 Å². The average molecular weight is 454 g/mol. The van der Waals surface area contributed by atoms with Crippen LogP contribution in [0.1, 0.15) is 22.8 Å². The van der Waals surface area contributed by atoms with Crippen LogP contribution in [0, 0.1) is 12.7 Å². The van der Waals surface area contributed by atoms with Gasteiger partial charge in [-0.05, 0) is 67.4 Å². The van der Waals surface area contributed by atoms with Crippen LogP contribution in [0.4, 0.5) is 10.1 Å². The van der Waals surface area contributed by atoms with Gasteiger partial charge in [0.2, 0.25) is 5.91 Å². The molecule has 3 rings (SSSR count). The molecule has 5 nitrogen and oxygen atoms in total. The molecule has 0 unspecified atom stereocenters. The summed E-state index contributed by atoms with van der Waals surface area (Å²) >= 11 is 1.52. The van der Waals surface area contributed by atoms with Gasteiger partial charge in [-0.2, -0.15) is 0 Å². The Morgan fingerprint density at radius 2 is 1.56 bits per heavy atom. The summed E-state index contributed by atoms with van der Waals surface area (Å²) in [5.41, 5.74) is 2.32. The lowest BCUT2D eigenvalue weighted by Crippen LogP contribution is -2.34.